The van der Waals surface area contributed by atoms with Crippen molar-refractivity contribution in [3.63, 3.8) is 0 Å². The number of Topliss-reactive ketones (excluding diaryl/α,β-unsaturated/α-hetero) is 6. The van der Waals surface area contributed by atoms with Crippen LogP contribution >= 0.6 is 22.7 Å². The Morgan fingerprint density at radius 2 is 0.626 bits per heavy atom. The first kappa shape index (κ1) is 112. The lowest BCUT2D eigenvalue weighted by molar-refractivity contribution is -0.0111. The van der Waals surface area contributed by atoms with Gasteiger partial charge in [-0.15, -0.1) is 22.7 Å². The van der Waals surface area contributed by atoms with Crippen LogP contribution in [0.3, 0.4) is 0 Å². The van der Waals surface area contributed by atoms with Crippen molar-refractivity contribution in [1.82, 2.24) is 59.8 Å². The summed E-state index contributed by atoms with van der Waals surface area (Å²) in [6.07, 6.45) is 23.0. The predicted molar refractivity (Wildman–Crippen MR) is 560 cm³/mol. The summed E-state index contributed by atoms with van der Waals surface area (Å²) in [6.45, 7) is 29.3. The zero-order valence-electron chi connectivity index (χ0n) is 85.9. The number of pyridine rings is 10. The van der Waals surface area contributed by atoms with Gasteiger partial charge in [0.15, 0.2) is 44.5 Å². The van der Waals surface area contributed by atoms with Gasteiger partial charge in [0, 0.05) is 223 Å². The van der Waals surface area contributed by atoms with Crippen LogP contribution in [-0.2, 0) is 72.0 Å². The minimum atomic E-state index is -3.01. The Labute approximate surface area is 869 Å². The standard InChI is InChI=1S/2C20H24N2O3.C19H22N2O3.C18H20N2O4S.2C18H22N2O3S/c1-14-3-4-17(21-12-14)10-20(23)19-11-18(9-15(2)22-19)25-13-16-5-7-24-8-6-16;1-14-6-7-16(21-12-14)10-20(23)19-11-18(9-15(2)22-19)25-13-17-5-3-4-8-24-17;1-14-10-17(24-13-16-7-3-5-9-23-16)12-18(21-14)19(22)11-15-6-2-4-8-20-15;1-12-3-4-14(19-10-12)8-18(21)17-9-16(7-13(2)20-17)24-15-5-6-25(22,23)11-15;1-12-7-15(23-10-14-3-5-22-6-4-14)8-16(19-12)17(21)9-18-20-13(2)11-24-18;1-12-7-15(23-10-14-5-3-4-6-22-14)8-16(19-12)17(21)9-18-20-13(2)11-24-18/h3-4,9,11-12,16H,5-8,10,13H2,1-2H3;6-7,9,11-12,17H,3-5,8,10,13H2,1-2H3;2,4,6,8,10,12,16H,3,5,7,9,11,13H2,1H3;3-4,7,9-10,15H,5-6,8,11H2,1-2H3;2*7-8,11,14H,3-6,9-10H2,1-2H3. The van der Waals surface area contributed by atoms with Crippen LogP contribution in [0.1, 0.15) is 248 Å². The number of hydrogen-bond acceptors (Lipinski definition) is 33. The van der Waals surface area contributed by atoms with Gasteiger partial charge >= 0.3 is 0 Å². The maximum Gasteiger partial charge on any atom is 0.188 e. The van der Waals surface area contributed by atoms with Gasteiger partial charge in [0.05, 0.1) is 81.6 Å². The lowest BCUT2D eigenvalue weighted by Crippen LogP contribution is -2.25. The van der Waals surface area contributed by atoms with Crippen molar-refractivity contribution in [3.8, 4) is 34.5 Å². The first-order valence-electron chi connectivity index (χ1n) is 50.5. The van der Waals surface area contributed by atoms with Crippen molar-refractivity contribution in [2.24, 2.45) is 11.8 Å². The molecule has 147 heavy (non-hydrogen) atoms. The lowest BCUT2D eigenvalue weighted by atomic mass is 10.0. The molecule has 0 N–H and O–H groups in total. The first-order valence-corrected chi connectivity index (χ1v) is 54.1. The average molecular weight is 2060 g/mol. The number of nitrogens with zero attached hydrogens (tertiary/aromatic N) is 12. The molecule has 4 unspecified atom stereocenters. The summed E-state index contributed by atoms with van der Waals surface area (Å²) in [5.74, 6) is 4.74. The Kier molecular flexibility index (Phi) is 43.3. The highest BCUT2D eigenvalue weighted by Gasteiger charge is 2.31. The summed E-state index contributed by atoms with van der Waals surface area (Å²) in [7, 11) is -3.01. The average Bonchev–Trinajstić information content (AvgIpc) is 1.78. The van der Waals surface area contributed by atoms with Gasteiger partial charge in [0.1, 0.15) is 105 Å². The number of ether oxygens (including phenoxy) is 11. The van der Waals surface area contributed by atoms with E-state index in [1.54, 1.807) is 74.2 Å². The number of ketones is 6. The highest BCUT2D eigenvalue weighted by Crippen LogP contribution is 2.30. The van der Waals surface area contributed by atoms with Crippen molar-refractivity contribution >= 4 is 67.2 Å². The smallest absolute Gasteiger partial charge is 0.188 e. The van der Waals surface area contributed by atoms with Crippen LogP contribution in [0.5, 0.6) is 34.5 Å². The number of aryl methyl sites for hydroxylation is 11. The molecule has 4 atom stereocenters. The number of aromatic nitrogens is 12. The Morgan fingerprint density at radius 3 is 0.898 bits per heavy atom. The zero-order chi connectivity index (χ0) is 104. The molecule has 6 saturated heterocycles. The number of hydrogen-bond donors (Lipinski definition) is 0. The highest BCUT2D eigenvalue weighted by molar-refractivity contribution is 7.91. The second-order valence-corrected chi connectivity index (χ2v) is 42.0. The quantitative estimate of drug-likeness (QED) is 0.0333. The van der Waals surface area contributed by atoms with E-state index in [0.717, 1.165) is 194 Å². The number of carbonyl (C=O) groups excluding carboxylic acids is 6. The van der Waals surface area contributed by atoms with Crippen LogP contribution in [0, 0.1) is 88.0 Å². The van der Waals surface area contributed by atoms with E-state index in [0.29, 0.717) is 131 Å². The van der Waals surface area contributed by atoms with Crippen LogP contribution in [0.2, 0.25) is 0 Å². The van der Waals surface area contributed by atoms with Gasteiger partial charge in [-0.3, -0.25) is 48.7 Å². The fourth-order valence-corrected chi connectivity index (χ4v) is 19.7. The molecule has 12 aromatic rings. The minimum absolute atomic E-state index is 0.0188. The molecular weight excluding hydrogens is 1930 g/mol. The van der Waals surface area contributed by atoms with E-state index in [2.05, 4.69) is 59.8 Å². The maximum absolute atomic E-state index is 12.5. The first-order chi connectivity index (χ1) is 70.9. The van der Waals surface area contributed by atoms with Crippen molar-refractivity contribution in [2.45, 2.75) is 229 Å². The molecule has 0 radical (unpaired) electrons. The number of thiazole rings is 2. The fraction of sp³-hybridized carbons (Fsp3) is 0.451. The van der Waals surface area contributed by atoms with Crippen LogP contribution in [0.4, 0.5) is 0 Å². The van der Waals surface area contributed by atoms with Crippen LogP contribution < -0.4 is 28.4 Å². The van der Waals surface area contributed by atoms with E-state index in [1.807, 2.05) is 165 Å². The normalized spacial score (nSPS) is 17.0. The Morgan fingerprint density at radius 1 is 0.320 bits per heavy atom. The number of carbonyl (C=O) groups is 6. The van der Waals surface area contributed by atoms with Crippen LogP contribution in [0.25, 0.3) is 0 Å². The maximum atomic E-state index is 12.5. The third-order valence-corrected chi connectivity index (χ3v) is 28.2. The topological polar surface area (TPSA) is 393 Å². The van der Waals surface area contributed by atoms with Gasteiger partial charge in [0.25, 0.3) is 0 Å². The molecule has 778 valence electrons. The number of rotatable bonds is 35. The molecule has 0 spiro atoms. The summed E-state index contributed by atoms with van der Waals surface area (Å²) < 4.78 is 86.0. The molecule has 6 fully saturated rings. The van der Waals surface area contributed by atoms with E-state index < -0.39 is 9.84 Å². The van der Waals surface area contributed by atoms with E-state index in [1.165, 1.54) is 41.9 Å². The second kappa shape index (κ2) is 57.0. The van der Waals surface area contributed by atoms with Crippen molar-refractivity contribution < 1.29 is 89.3 Å². The monoisotopic (exact) mass is 2060 g/mol. The molecule has 0 aliphatic carbocycles. The molecular formula is C113H134N12O19S3. The molecule has 0 saturated carbocycles. The Bertz CT molecular complexity index is 6170. The van der Waals surface area contributed by atoms with E-state index in [4.69, 9.17) is 52.1 Å². The molecule has 6 aliphatic rings. The molecule has 12 aromatic heterocycles. The van der Waals surface area contributed by atoms with Crippen molar-refractivity contribution in [3.05, 3.63) is 292 Å². The summed E-state index contributed by atoms with van der Waals surface area (Å²) in [5, 5.41) is 5.55. The van der Waals surface area contributed by atoms with Gasteiger partial charge in [-0.05, 0) is 225 Å². The number of sulfone groups is 1. The summed E-state index contributed by atoms with van der Waals surface area (Å²) in [5.41, 5.74) is 15.0. The summed E-state index contributed by atoms with van der Waals surface area (Å²) in [4.78, 5) is 127. The van der Waals surface area contributed by atoms with Gasteiger partial charge in [-0.25, -0.2) is 48.3 Å². The van der Waals surface area contributed by atoms with Gasteiger partial charge in [-0.1, -0.05) is 24.3 Å². The molecule has 0 aromatic carbocycles. The summed E-state index contributed by atoms with van der Waals surface area (Å²) in [6, 6.07) is 38.2. The van der Waals surface area contributed by atoms with Crippen molar-refractivity contribution in [1.29, 1.82) is 0 Å². The van der Waals surface area contributed by atoms with Gasteiger partial charge < -0.3 is 52.1 Å². The molecule has 18 rings (SSSR count). The van der Waals surface area contributed by atoms with Crippen LogP contribution in [0.15, 0.2) is 163 Å². The third-order valence-electron chi connectivity index (χ3n) is 24.5. The second-order valence-electron chi connectivity index (χ2n) is 37.9. The predicted octanol–water partition coefficient (Wildman–Crippen LogP) is 18.9. The van der Waals surface area contributed by atoms with E-state index in [-0.39, 0.29) is 109 Å². The van der Waals surface area contributed by atoms with E-state index >= 15 is 0 Å². The molecule has 6 aliphatic heterocycles. The summed E-state index contributed by atoms with van der Waals surface area (Å²) >= 11 is 3.01. The minimum Gasteiger partial charge on any atom is -0.493 e. The lowest BCUT2D eigenvalue weighted by Gasteiger charge is -2.22. The zero-order valence-corrected chi connectivity index (χ0v) is 88.4. The molecule has 31 nitrogen and oxygen atoms in total. The fourth-order valence-electron chi connectivity index (χ4n) is 16.6. The van der Waals surface area contributed by atoms with Gasteiger partial charge in [0.2, 0.25) is 0 Å². The Hall–Kier alpha value is -12.7. The van der Waals surface area contributed by atoms with E-state index in [9.17, 15) is 37.2 Å². The molecule has 0 bridgehead atoms. The Balaban J connectivity index is 0.000000147. The molecule has 18 heterocycles. The largest absolute Gasteiger partial charge is 0.493 e. The molecule has 0 amide bonds. The third kappa shape index (κ3) is 38.8. The SMILES string of the molecule is Cc1cc(OCC2CCCCO2)cc(C(=O)Cc2ccccn2)n1.Cc1cc(OCC2CCCCO2)cc(C(=O)Cc2nc(C)cs2)n1.Cc1cc(OCC2CCOCC2)cc(C(=O)Cc2nc(C)cs2)n1.Cc1ccc(CC(=O)c2cc(OC3CCS(=O)(=O)C3)cc(C)n2)nc1.Cc1ccc(CC(=O)c2cc(OCC3CCCCO3)cc(C)n2)nc1.Cc1ccc(CC(=O)c2cc(OCC3CCOCC3)cc(C)n2)nc1. The highest BCUT2D eigenvalue weighted by atomic mass is 32.2. The van der Waals surface area contributed by atoms with Crippen molar-refractivity contribution in [2.75, 3.05) is 90.8 Å². The van der Waals surface area contributed by atoms with Crippen LogP contribution in [-0.4, -0.2) is 218 Å². The molecule has 34 heteroatoms. The van der Waals surface area contributed by atoms with Gasteiger partial charge in [-0.2, -0.15) is 0 Å².